The van der Waals surface area contributed by atoms with Crippen LogP contribution in [0.15, 0.2) is 18.2 Å². The first-order valence-electron chi connectivity index (χ1n) is 7.20. The molecule has 1 aromatic carbocycles. The number of carbonyl (C=O) groups is 1. The molecule has 116 valence electrons. The van der Waals surface area contributed by atoms with E-state index in [1.54, 1.807) is 0 Å². The highest BCUT2D eigenvalue weighted by molar-refractivity contribution is 6.39. The molecule has 0 bridgehead atoms. The van der Waals surface area contributed by atoms with Gasteiger partial charge in [0.2, 0.25) is 0 Å². The molecule has 2 rings (SSSR count). The second-order valence-corrected chi connectivity index (χ2v) is 6.44. The summed E-state index contributed by atoms with van der Waals surface area (Å²) in [4.78, 5) is 16.0. The summed E-state index contributed by atoms with van der Waals surface area (Å²) in [7, 11) is 0. The molecule has 0 saturated carbocycles. The van der Waals surface area contributed by atoms with Gasteiger partial charge in [-0.3, -0.25) is 0 Å². The van der Waals surface area contributed by atoms with Crippen molar-refractivity contribution in [1.29, 1.82) is 0 Å². The van der Waals surface area contributed by atoms with Gasteiger partial charge in [0, 0.05) is 32.7 Å². The molecule has 1 aliphatic heterocycles. The van der Waals surface area contributed by atoms with E-state index in [1.165, 1.54) is 0 Å². The number of rotatable bonds is 3. The van der Waals surface area contributed by atoms with Gasteiger partial charge in [-0.25, -0.2) is 4.79 Å². The number of carbonyl (C=O) groups excluding carboxylic acids is 1. The van der Waals surface area contributed by atoms with Crippen LogP contribution in [0.25, 0.3) is 0 Å². The third-order valence-electron chi connectivity index (χ3n) is 3.48. The molecule has 1 aromatic rings. The highest BCUT2D eigenvalue weighted by Crippen LogP contribution is 2.33. The van der Waals surface area contributed by atoms with Gasteiger partial charge in [-0.2, -0.15) is 0 Å². The van der Waals surface area contributed by atoms with Crippen molar-refractivity contribution in [3.05, 3.63) is 28.2 Å². The van der Waals surface area contributed by atoms with Crippen LogP contribution in [0.5, 0.6) is 0 Å². The average Bonchev–Trinajstić information content (AvgIpc) is 2.45. The van der Waals surface area contributed by atoms with Crippen LogP contribution in [0.2, 0.25) is 10.0 Å². The zero-order valence-corrected chi connectivity index (χ0v) is 13.9. The molecule has 0 radical (unpaired) electrons. The SMILES string of the molecule is CC(C)CNC(=O)N1CCN(c2c(Cl)cccc2Cl)CC1. The summed E-state index contributed by atoms with van der Waals surface area (Å²) >= 11 is 12.5. The van der Waals surface area contributed by atoms with Crippen molar-refractivity contribution in [3.8, 4) is 0 Å². The molecule has 0 spiro atoms. The van der Waals surface area contributed by atoms with Crippen molar-refractivity contribution in [3.63, 3.8) is 0 Å². The molecule has 4 nitrogen and oxygen atoms in total. The Morgan fingerprint density at radius 3 is 2.29 bits per heavy atom. The zero-order valence-electron chi connectivity index (χ0n) is 12.4. The van der Waals surface area contributed by atoms with Crippen molar-refractivity contribution in [1.82, 2.24) is 10.2 Å². The maximum absolute atomic E-state index is 12.0. The number of benzene rings is 1. The highest BCUT2D eigenvalue weighted by atomic mass is 35.5. The second-order valence-electron chi connectivity index (χ2n) is 5.62. The number of para-hydroxylation sites is 1. The molecular formula is C15H21Cl2N3O. The van der Waals surface area contributed by atoms with Crippen LogP contribution in [-0.4, -0.2) is 43.7 Å². The van der Waals surface area contributed by atoms with E-state index in [-0.39, 0.29) is 6.03 Å². The van der Waals surface area contributed by atoms with Gasteiger partial charge in [0.1, 0.15) is 0 Å². The number of nitrogens with zero attached hydrogens (tertiary/aromatic N) is 2. The molecule has 1 N–H and O–H groups in total. The van der Waals surface area contributed by atoms with Gasteiger partial charge in [-0.1, -0.05) is 43.1 Å². The number of amides is 2. The molecular weight excluding hydrogens is 309 g/mol. The Bertz CT molecular complexity index is 479. The molecule has 0 aromatic heterocycles. The Morgan fingerprint density at radius 1 is 1.19 bits per heavy atom. The lowest BCUT2D eigenvalue weighted by atomic mass is 10.2. The number of hydrogen-bond acceptors (Lipinski definition) is 2. The monoisotopic (exact) mass is 329 g/mol. The minimum absolute atomic E-state index is 0.00797. The van der Waals surface area contributed by atoms with Crippen LogP contribution >= 0.6 is 23.2 Å². The maximum atomic E-state index is 12.0. The molecule has 1 saturated heterocycles. The van der Waals surface area contributed by atoms with E-state index < -0.39 is 0 Å². The van der Waals surface area contributed by atoms with E-state index in [4.69, 9.17) is 23.2 Å². The van der Waals surface area contributed by atoms with Gasteiger partial charge in [-0.05, 0) is 18.1 Å². The summed E-state index contributed by atoms with van der Waals surface area (Å²) in [5, 5.41) is 4.25. The molecule has 21 heavy (non-hydrogen) atoms. The molecule has 1 heterocycles. The molecule has 0 atom stereocenters. The first-order valence-corrected chi connectivity index (χ1v) is 7.96. The molecule has 1 aliphatic rings. The van der Waals surface area contributed by atoms with E-state index in [0.29, 0.717) is 35.6 Å². The van der Waals surface area contributed by atoms with Crippen molar-refractivity contribution >= 4 is 34.9 Å². The van der Waals surface area contributed by atoms with Crippen LogP contribution in [0.1, 0.15) is 13.8 Å². The fraction of sp³-hybridized carbons (Fsp3) is 0.533. The van der Waals surface area contributed by atoms with Crippen LogP contribution in [0, 0.1) is 5.92 Å². The van der Waals surface area contributed by atoms with Gasteiger partial charge in [0.15, 0.2) is 0 Å². The van der Waals surface area contributed by atoms with E-state index in [2.05, 4.69) is 24.1 Å². The largest absolute Gasteiger partial charge is 0.366 e. The smallest absolute Gasteiger partial charge is 0.317 e. The number of piperazine rings is 1. The minimum atomic E-state index is 0.00797. The predicted octanol–water partition coefficient (Wildman–Crippen LogP) is 3.48. The molecule has 0 aliphatic carbocycles. The maximum Gasteiger partial charge on any atom is 0.317 e. The summed E-state index contributed by atoms with van der Waals surface area (Å²) in [6.07, 6.45) is 0. The Labute approximate surface area is 136 Å². The third kappa shape index (κ3) is 4.17. The summed E-state index contributed by atoms with van der Waals surface area (Å²) in [5.41, 5.74) is 0.864. The van der Waals surface area contributed by atoms with Gasteiger partial charge in [0.25, 0.3) is 0 Å². The Kier molecular flexibility index (Phi) is 5.59. The van der Waals surface area contributed by atoms with Crippen molar-refractivity contribution in [2.75, 3.05) is 37.6 Å². The lowest BCUT2D eigenvalue weighted by molar-refractivity contribution is 0.193. The van der Waals surface area contributed by atoms with E-state index in [1.807, 2.05) is 23.1 Å². The second kappa shape index (κ2) is 7.23. The summed E-state index contributed by atoms with van der Waals surface area (Å²) in [6, 6.07) is 5.52. The summed E-state index contributed by atoms with van der Waals surface area (Å²) < 4.78 is 0. The van der Waals surface area contributed by atoms with Gasteiger partial charge >= 0.3 is 6.03 Å². The topological polar surface area (TPSA) is 35.6 Å². The summed E-state index contributed by atoms with van der Waals surface area (Å²) in [5.74, 6) is 0.456. The van der Waals surface area contributed by atoms with Crippen molar-refractivity contribution < 1.29 is 4.79 Å². The van der Waals surface area contributed by atoms with E-state index in [0.717, 1.165) is 18.8 Å². The number of anilines is 1. The summed E-state index contributed by atoms with van der Waals surface area (Å²) in [6.45, 7) is 7.68. The van der Waals surface area contributed by atoms with Crippen LogP contribution in [0.4, 0.5) is 10.5 Å². The van der Waals surface area contributed by atoms with Crippen LogP contribution in [0.3, 0.4) is 0 Å². The molecule has 2 amide bonds. The highest BCUT2D eigenvalue weighted by Gasteiger charge is 2.23. The lowest BCUT2D eigenvalue weighted by Gasteiger charge is -2.36. The van der Waals surface area contributed by atoms with Crippen molar-refractivity contribution in [2.24, 2.45) is 5.92 Å². The van der Waals surface area contributed by atoms with Gasteiger partial charge < -0.3 is 15.1 Å². The zero-order chi connectivity index (χ0) is 15.4. The van der Waals surface area contributed by atoms with Crippen LogP contribution in [-0.2, 0) is 0 Å². The third-order valence-corrected chi connectivity index (χ3v) is 4.09. The molecule has 0 unspecified atom stereocenters. The number of hydrogen-bond donors (Lipinski definition) is 1. The fourth-order valence-electron chi connectivity index (χ4n) is 2.33. The van der Waals surface area contributed by atoms with Gasteiger partial charge in [0.05, 0.1) is 15.7 Å². The number of nitrogens with one attached hydrogen (secondary N) is 1. The molecule has 1 fully saturated rings. The number of urea groups is 1. The minimum Gasteiger partial charge on any atom is -0.366 e. The first-order chi connectivity index (χ1) is 9.99. The van der Waals surface area contributed by atoms with E-state index in [9.17, 15) is 4.79 Å². The van der Waals surface area contributed by atoms with E-state index >= 15 is 0 Å². The first kappa shape index (κ1) is 16.2. The van der Waals surface area contributed by atoms with Crippen molar-refractivity contribution in [2.45, 2.75) is 13.8 Å². The van der Waals surface area contributed by atoms with Gasteiger partial charge in [-0.15, -0.1) is 0 Å². The quantitative estimate of drug-likeness (QED) is 0.921. The number of halogens is 2. The molecule has 6 heteroatoms. The Morgan fingerprint density at radius 2 is 1.76 bits per heavy atom. The lowest BCUT2D eigenvalue weighted by Crippen LogP contribution is -2.52. The average molecular weight is 330 g/mol. The Hall–Kier alpha value is -1.13. The van der Waals surface area contributed by atoms with Crippen LogP contribution < -0.4 is 10.2 Å². The standard InChI is InChI=1S/C15H21Cl2N3O/c1-11(2)10-18-15(21)20-8-6-19(7-9-20)14-12(16)4-3-5-13(14)17/h3-5,11H,6-10H2,1-2H3,(H,18,21). The Balaban J connectivity index is 1.93. The fourth-order valence-corrected chi connectivity index (χ4v) is 2.96. The normalized spacial score (nSPS) is 15.5. The predicted molar refractivity (Wildman–Crippen MR) is 88.5 cm³/mol.